The number of aromatic nitrogens is 2. The molecular formula is C24H21N5O3. The Morgan fingerprint density at radius 1 is 0.844 bits per heavy atom. The van der Waals surface area contributed by atoms with Crippen LogP contribution in [0.3, 0.4) is 0 Å². The van der Waals surface area contributed by atoms with Crippen LogP contribution in [0.25, 0.3) is 11.0 Å². The Labute approximate surface area is 184 Å². The number of nitrogens with one attached hydrogen (secondary N) is 1. The molecule has 8 nitrogen and oxygen atoms in total. The van der Waals surface area contributed by atoms with Gasteiger partial charge in [-0.05, 0) is 30.3 Å². The normalized spacial score (nSPS) is 13.9. The van der Waals surface area contributed by atoms with E-state index in [9.17, 15) is 9.59 Å². The first-order valence-corrected chi connectivity index (χ1v) is 10.4. The van der Waals surface area contributed by atoms with Gasteiger partial charge in [-0.3, -0.25) is 9.59 Å². The zero-order valence-electron chi connectivity index (χ0n) is 17.3. The van der Waals surface area contributed by atoms with Crippen molar-refractivity contribution in [2.75, 3.05) is 36.4 Å². The van der Waals surface area contributed by atoms with Crippen LogP contribution < -0.4 is 10.2 Å². The highest BCUT2D eigenvalue weighted by Gasteiger charge is 2.29. The number of carbonyl (C=O) groups excluding carboxylic acids is 2. The van der Waals surface area contributed by atoms with Crippen LogP contribution in [0.15, 0.2) is 77.5 Å². The van der Waals surface area contributed by atoms with Gasteiger partial charge in [0.2, 0.25) is 11.7 Å². The molecule has 2 amide bonds. The number of hydrogen-bond acceptors (Lipinski definition) is 6. The lowest BCUT2D eigenvalue weighted by atomic mass is 10.1. The lowest BCUT2D eigenvalue weighted by Crippen LogP contribution is -2.49. The number of anilines is 2. The lowest BCUT2D eigenvalue weighted by Gasteiger charge is -2.34. The smallest absolute Gasteiger partial charge is 0.291 e. The first-order valence-electron chi connectivity index (χ1n) is 10.4. The molecule has 0 spiro atoms. The molecule has 8 heteroatoms. The van der Waals surface area contributed by atoms with Crippen molar-refractivity contribution in [3.05, 3.63) is 84.4 Å². The van der Waals surface area contributed by atoms with Crippen LogP contribution in [0.1, 0.15) is 20.9 Å². The van der Waals surface area contributed by atoms with E-state index in [4.69, 9.17) is 4.42 Å². The van der Waals surface area contributed by atoms with Crippen molar-refractivity contribution in [2.24, 2.45) is 0 Å². The quantitative estimate of drug-likeness (QED) is 0.537. The van der Waals surface area contributed by atoms with Crippen LogP contribution in [-0.4, -0.2) is 52.9 Å². The van der Waals surface area contributed by atoms with E-state index in [1.807, 2.05) is 29.2 Å². The summed E-state index contributed by atoms with van der Waals surface area (Å²) in [5.74, 6) is 0.245. The number of amides is 2. The molecule has 1 aliphatic rings. The van der Waals surface area contributed by atoms with Crippen LogP contribution in [-0.2, 0) is 0 Å². The summed E-state index contributed by atoms with van der Waals surface area (Å²) in [6.07, 6.45) is 3.41. The molecule has 0 bridgehead atoms. The van der Waals surface area contributed by atoms with E-state index < -0.39 is 0 Å². The van der Waals surface area contributed by atoms with Gasteiger partial charge in [0.1, 0.15) is 11.3 Å². The number of benzene rings is 2. The van der Waals surface area contributed by atoms with Crippen LogP contribution in [0.4, 0.5) is 11.6 Å². The van der Waals surface area contributed by atoms with Gasteiger partial charge in [-0.2, -0.15) is 0 Å². The van der Waals surface area contributed by atoms with Gasteiger partial charge < -0.3 is 19.5 Å². The van der Waals surface area contributed by atoms with Gasteiger partial charge in [0.05, 0.1) is 0 Å². The van der Waals surface area contributed by atoms with Gasteiger partial charge in [-0.15, -0.1) is 0 Å². The molecule has 1 saturated heterocycles. The number of para-hydroxylation sites is 1. The van der Waals surface area contributed by atoms with Crippen molar-refractivity contribution in [3.8, 4) is 0 Å². The molecular weight excluding hydrogens is 406 g/mol. The summed E-state index contributed by atoms with van der Waals surface area (Å²) in [5.41, 5.74) is 1.46. The van der Waals surface area contributed by atoms with E-state index in [-0.39, 0.29) is 17.6 Å². The summed E-state index contributed by atoms with van der Waals surface area (Å²) in [7, 11) is 0. The summed E-state index contributed by atoms with van der Waals surface area (Å²) >= 11 is 0. The highest BCUT2D eigenvalue weighted by Crippen LogP contribution is 2.32. The Morgan fingerprint density at radius 3 is 2.28 bits per heavy atom. The highest BCUT2D eigenvalue weighted by molar-refractivity contribution is 6.14. The molecule has 2 aromatic heterocycles. The number of nitrogens with zero attached hydrogens (tertiary/aromatic N) is 4. The van der Waals surface area contributed by atoms with Gasteiger partial charge in [0, 0.05) is 49.5 Å². The Kier molecular flexibility index (Phi) is 5.25. The molecule has 0 unspecified atom stereocenters. The highest BCUT2D eigenvalue weighted by atomic mass is 16.3. The standard InChI is InChI=1S/C24H21N5O3/c30-22(17-7-2-1-3-8-17)27-20-18-9-4-5-10-19(18)32-21(20)23(31)28-13-15-29(16-14-28)24-25-11-6-12-26-24/h1-12H,13-16H2,(H,27,30). The van der Waals surface area contributed by atoms with Gasteiger partial charge in [-0.25, -0.2) is 9.97 Å². The molecule has 2 aromatic carbocycles. The number of rotatable bonds is 4. The lowest BCUT2D eigenvalue weighted by molar-refractivity contribution is 0.0718. The van der Waals surface area contributed by atoms with E-state index in [0.717, 1.165) is 0 Å². The Balaban J connectivity index is 1.39. The maximum absolute atomic E-state index is 13.4. The zero-order valence-corrected chi connectivity index (χ0v) is 17.3. The van der Waals surface area contributed by atoms with Crippen molar-refractivity contribution >= 4 is 34.4 Å². The van der Waals surface area contributed by atoms with E-state index in [0.29, 0.717) is 54.3 Å². The first kappa shape index (κ1) is 19.7. The van der Waals surface area contributed by atoms with E-state index in [1.165, 1.54) is 0 Å². The molecule has 0 radical (unpaired) electrons. The topological polar surface area (TPSA) is 91.6 Å². The molecule has 0 saturated carbocycles. The average Bonchev–Trinajstić information content (AvgIpc) is 3.23. The Hall–Kier alpha value is -4.20. The second-order valence-corrected chi connectivity index (χ2v) is 7.45. The summed E-state index contributed by atoms with van der Waals surface area (Å²) in [6.45, 7) is 2.23. The van der Waals surface area contributed by atoms with Gasteiger partial charge in [0.15, 0.2) is 0 Å². The molecule has 1 aliphatic heterocycles. The second kappa shape index (κ2) is 8.50. The predicted octanol–water partition coefficient (Wildman–Crippen LogP) is 3.44. The molecule has 4 aromatic rings. The SMILES string of the molecule is O=C(Nc1c(C(=O)N2CCN(c3ncccn3)CC2)oc2ccccc12)c1ccccc1. The van der Waals surface area contributed by atoms with Crippen LogP contribution in [0.2, 0.25) is 0 Å². The number of carbonyl (C=O) groups is 2. The number of hydrogen-bond donors (Lipinski definition) is 1. The number of piperazine rings is 1. The first-order chi connectivity index (χ1) is 15.7. The van der Waals surface area contributed by atoms with Gasteiger partial charge in [-0.1, -0.05) is 30.3 Å². The Bertz CT molecular complexity index is 1250. The number of furan rings is 1. The van der Waals surface area contributed by atoms with E-state index in [1.54, 1.807) is 53.7 Å². The molecule has 5 rings (SSSR count). The third-order valence-corrected chi connectivity index (χ3v) is 5.47. The fraction of sp³-hybridized carbons (Fsp3) is 0.167. The molecule has 1 fully saturated rings. The van der Waals surface area contributed by atoms with Crippen molar-refractivity contribution in [2.45, 2.75) is 0 Å². The van der Waals surface area contributed by atoms with E-state index >= 15 is 0 Å². The maximum atomic E-state index is 13.4. The van der Waals surface area contributed by atoms with Crippen LogP contribution >= 0.6 is 0 Å². The van der Waals surface area contributed by atoms with Gasteiger partial charge in [0.25, 0.3) is 11.8 Å². The fourth-order valence-corrected chi connectivity index (χ4v) is 3.80. The maximum Gasteiger partial charge on any atom is 0.291 e. The predicted molar refractivity (Wildman–Crippen MR) is 121 cm³/mol. The molecule has 0 atom stereocenters. The molecule has 1 N–H and O–H groups in total. The third kappa shape index (κ3) is 3.78. The minimum absolute atomic E-state index is 0.139. The molecule has 0 aliphatic carbocycles. The summed E-state index contributed by atoms with van der Waals surface area (Å²) in [4.78, 5) is 38.5. The van der Waals surface area contributed by atoms with Crippen molar-refractivity contribution in [1.82, 2.24) is 14.9 Å². The van der Waals surface area contributed by atoms with Crippen molar-refractivity contribution in [1.29, 1.82) is 0 Å². The monoisotopic (exact) mass is 427 g/mol. The molecule has 160 valence electrons. The van der Waals surface area contributed by atoms with Gasteiger partial charge >= 0.3 is 0 Å². The summed E-state index contributed by atoms with van der Waals surface area (Å²) < 4.78 is 5.92. The summed E-state index contributed by atoms with van der Waals surface area (Å²) in [5, 5.41) is 3.59. The largest absolute Gasteiger partial charge is 0.449 e. The van der Waals surface area contributed by atoms with E-state index in [2.05, 4.69) is 15.3 Å². The minimum atomic E-state index is -0.294. The molecule has 32 heavy (non-hydrogen) atoms. The third-order valence-electron chi connectivity index (χ3n) is 5.47. The minimum Gasteiger partial charge on any atom is -0.449 e. The average molecular weight is 427 g/mol. The zero-order chi connectivity index (χ0) is 21.9. The van der Waals surface area contributed by atoms with Crippen molar-refractivity contribution in [3.63, 3.8) is 0 Å². The fourth-order valence-electron chi connectivity index (χ4n) is 3.80. The van der Waals surface area contributed by atoms with Crippen molar-refractivity contribution < 1.29 is 14.0 Å². The summed E-state index contributed by atoms with van der Waals surface area (Å²) in [6, 6.07) is 18.0. The molecule has 3 heterocycles. The second-order valence-electron chi connectivity index (χ2n) is 7.45. The van der Waals surface area contributed by atoms with Crippen LogP contribution in [0.5, 0.6) is 0 Å². The number of fused-ring (bicyclic) bond motifs is 1. The van der Waals surface area contributed by atoms with Crippen LogP contribution in [0, 0.1) is 0 Å². The Morgan fingerprint density at radius 2 is 1.53 bits per heavy atom.